The van der Waals surface area contributed by atoms with Crippen LogP contribution in [0.3, 0.4) is 0 Å². The first kappa shape index (κ1) is 17.2. The van der Waals surface area contributed by atoms with Crippen LogP contribution in [-0.2, 0) is 14.9 Å². The molecule has 0 radical (unpaired) electrons. The molecular weight excluding hydrogens is 332 g/mol. The van der Waals surface area contributed by atoms with Gasteiger partial charge >= 0.3 is 0 Å². The van der Waals surface area contributed by atoms with Gasteiger partial charge in [-0.1, -0.05) is 20.8 Å². The highest BCUT2D eigenvalue weighted by Gasteiger charge is 2.37. The molecule has 0 saturated carbocycles. The molecular formula is C18H26N6O2. The molecule has 2 aliphatic heterocycles. The second-order valence-corrected chi connectivity index (χ2v) is 8.30. The van der Waals surface area contributed by atoms with Gasteiger partial charge in [0.1, 0.15) is 5.82 Å². The quantitative estimate of drug-likeness (QED) is 0.818. The van der Waals surface area contributed by atoms with E-state index in [1.54, 1.807) is 0 Å². The highest BCUT2D eigenvalue weighted by atomic mass is 16.5. The lowest BCUT2D eigenvalue weighted by molar-refractivity contribution is -0.136. The summed E-state index contributed by atoms with van der Waals surface area (Å²) in [5.41, 5.74) is 0.627. The van der Waals surface area contributed by atoms with Crippen molar-refractivity contribution in [3.8, 4) is 0 Å². The molecule has 0 aromatic carbocycles. The van der Waals surface area contributed by atoms with Gasteiger partial charge < -0.3 is 14.5 Å². The first-order valence-electron chi connectivity index (χ1n) is 9.17. The molecule has 2 saturated heterocycles. The monoisotopic (exact) mass is 358 g/mol. The van der Waals surface area contributed by atoms with Crippen LogP contribution in [0.1, 0.15) is 33.0 Å². The van der Waals surface area contributed by atoms with Gasteiger partial charge in [0.2, 0.25) is 5.91 Å². The zero-order valence-corrected chi connectivity index (χ0v) is 15.8. The van der Waals surface area contributed by atoms with Crippen LogP contribution in [0.4, 0.5) is 5.82 Å². The molecule has 2 aromatic rings. The van der Waals surface area contributed by atoms with Crippen LogP contribution in [0.2, 0.25) is 0 Å². The number of anilines is 1. The average molecular weight is 358 g/mol. The molecule has 140 valence electrons. The van der Waals surface area contributed by atoms with E-state index in [4.69, 9.17) is 9.84 Å². The summed E-state index contributed by atoms with van der Waals surface area (Å²) in [5.74, 6) is 1.96. The summed E-state index contributed by atoms with van der Waals surface area (Å²) < 4.78 is 7.17. The van der Waals surface area contributed by atoms with Crippen LogP contribution in [0.15, 0.2) is 12.1 Å². The van der Waals surface area contributed by atoms with Gasteiger partial charge in [0.25, 0.3) is 0 Å². The highest BCUT2D eigenvalue weighted by Crippen LogP contribution is 2.26. The van der Waals surface area contributed by atoms with E-state index in [9.17, 15) is 4.79 Å². The van der Waals surface area contributed by atoms with E-state index >= 15 is 0 Å². The van der Waals surface area contributed by atoms with Crippen molar-refractivity contribution in [2.45, 2.75) is 38.6 Å². The maximum absolute atomic E-state index is 12.5. The van der Waals surface area contributed by atoms with E-state index in [1.807, 2.05) is 28.6 Å². The molecule has 1 unspecified atom stereocenters. The second-order valence-electron chi connectivity index (χ2n) is 8.30. The fourth-order valence-electron chi connectivity index (χ4n) is 3.50. The smallest absolute Gasteiger partial charge is 0.228 e. The molecule has 2 fully saturated rings. The van der Waals surface area contributed by atoms with E-state index in [0.29, 0.717) is 13.2 Å². The number of hydrogen-bond donors (Lipinski definition) is 0. The van der Waals surface area contributed by atoms with Crippen LogP contribution >= 0.6 is 0 Å². The SMILES string of the molecule is CN(C(=O)C1CCOC1)C1CN(c2ccc3nnc(C(C)(C)C)n3n2)C1. The Morgan fingerprint density at radius 2 is 2.04 bits per heavy atom. The predicted octanol–water partition coefficient (Wildman–Crippen LogP) is 1.11. The first-order valence-corrected chi connectivity index (χ1v) is 9.17. The topological polar surface area (TPSA) is 75.9 Å². The number of nitrogens with zero attached hydrogens (tertiary/aromatic N) is 6. The van der Waals surface area contributed by atoms with Gasteiger partial charge in [-0.25, -0.2) is 0 Å². The Morgan fingerprint density at radius 3 is 2.69 bits per heavy atom. The van der Waals surface area contributed by atoms with Crippen molar-refractivity contribution in [3.63, 3.8) is 0 Å². The molecule has 8 heteroatoms. The Balaban J connectivity index is 1.46. The van der Waals surface area contributed by atoms with E-state index < -0.39 is 0 Å². The molecule has 26 heavy (non-hydrogen) atoms. The van der Waals surface area contributed by atoms with Gasteiger partial charge in [-0.05, 0) is 18.6 Å². The number of carbonyl (C=O) groups is 1. The minimum atomic E-state index is -0.126. The van der Waals surface area contributed by atoms with E-state index in [1.165, 1.54) is 0 Å². The number of hydrogen-bond acceptors (Lipinski definition) is 6. The van der Waals surface area contributed by atoms with Crippen LogP contribution in [0.5, 0.6) is 0 Å². The molecule has 0 bridgehead atoms. The third kappa shape index (κ3) is 2.92. The van der Waals surface area contributed by atoms with Crippen molar-refractivity contribution in [1.82, 2.24) is 24.7 Å². The number of rotatable bonds is 3. The lowest BCUT2D eigenvalue weighted by Crippen LogP contribution is -2.61. The first-order chi connectivity index (χ1) is 12.3. The molecule has 0 spiro atoms. The van der Waals surface area contributed by atoms with Crippen LogP contribution in [0.25, 0.3) is 5.65 Å². The number of ether oxygens (including phenoxy) is 1. The third-order valence-corrected chi connectivity index (χ3v) is 5.28. The van der Waals surface area contributed by atoms with Gasteiger partial charge in [-0.15, -0.1) is 15.3 Å². The predicted molar refractivity (Wildman–Crippen MR) is 97.2 cm³/mol. The molecule has 4 heterocycles. The molecule has 1 atom stereocenters. The second kappa shape index (κ2) is 6.19. The Kier molecular flexibility index (Phi) is 4.10. The Morgan fingerprint density at radius 1 is 1.27 bits per heavy atom. The number of carbonyl (C=O) groups excluding carboxylic acids is 1. The van der Waals surface area contributed by atoms with Gasteiger partial charge in [0.15, 0.2) is 11.5 Å². The van der Waals surface area contributed by atoms with E-state index in [-0.39, 0.29) is 23.3 Å². The molecule has 8 nitrogen and oxygen atoms in total. The van der Waals surface area contributed by atoms with Crippen molar-refractivity contribution in [1.29, 1.82) is 0 Å². The molecule has 2 aromatic heterocycles. The summed E-state index contributed by atoms with van der Waals surface area (Å²) in [6.45, 7) is 9.14. The van der Waals surface area contributed by atoms with Gasteiger partial charge in [-0.3, -0.25) is 4.79 Å². The fourth-order valence-corrected chi connectivity index (χ4v) is 3.50. The number of likely N-dealkylation sites (N-methyl/N-ethyl adjacent to an activating group) is 1. The van der Waals surface area contributed by atoms with Crippen molar-refractivity contribution in [2.75, 3.05) is 38.3 Å². The van der Waals surface area contributed by atoms with Gasteiger partial charge in [-0.2, -0.15) is 4.52 Å². The van der Waals surface area contributed by atoms with Crippen molar-refractivity contribution in [3.05, 3.63) is 18.0 Å². The Bertz CT molecular complexity index is 815. The van der Waals surface area contributed by atoms with Crippen molar-refractivity contribution in [2.24, 2.45) is 5.92 Å². The molecule has 0 N–H and O–H groups in total. The lowest BCUT2D eigenvalue weighted by Gasteiger charge is -2.45. The average Bonchev–Trinajstić information content (AvgIpc) is 3.21. The Hall–Kier alpha value is -2.22. The molecule has 1 amide bonds. The summed E-state index contributed by atoms with van der Waals surface area (Å²) >= 11 is 0. The number of aromatic nitrogens is 4. The summed E-state index contributed by atoms with van der Waals surface area (Å²) in [6, 6.07) is 4.14. The van der Waals surface area contributed by atoms with Crippen LogP contribution < -0.4 is 4.90 Å². The standard InChI is InChI=1S/C18H26N6O2/c1-18(2,3)17-20-19-14-5-6-15(21-24(14)17)23-9-13(10-23)22(4)16(25)12-7-8-26-11-12/h5-6,12-13H,7-11H2,1-4H3. The van der Waals surface area contributed by atoms with Crippen molar-refractivity contribution < 1.29 is 9.53 Å². The normalized spacial score (nSPS) is 21.2. The number of fused-ring (bicyclic) bond motifs is 1. The number of amides is 1. The van der Waals surface area contributed by atoms with E-state index in [0.717, 1.165) is 36.8 Å². The van der Waals surface area contributed by atoms with Crippen molar-refractivity contribution >= 4 is 17.4 Å². The largest absolute Gasteiger partial charge is 0.381 e. The molecule has 0 aliphatic carbocycles. The van der Waals surface area contributed by atoms with Gasteiger partial charge in [0.05, 0.1) is 18.6 Å². The minimum absolute atomic E-state index is 0.0230. The van der Waals surface area contributed by atoms with Crippen LogP contribution in [0, 0.1) is 5.92 Å². The zero-order valence-electron chi connectivity index (χ0n) is 15.8. The molecule has 2 aliphatic rings. The maximum atomic E-state index is 12.5. The van der Waals surface area contributed by atoms with Gasteiger partial charge in [0, 0.05) is 32.2 Å². The summed E-state index contributed by atoms with van der Waals surface area (Å²) in [6.07, 6.45) is 0.834. The maximum Gasteiger partial charge on any atom is 0.228 e. The lowest BCUT2D eigenvalue weighted by atomic mass is 9.96. The Labute approximate surface area is 153 Å². The molecule has 4 rings (SSSR count). The summed E-state index contributed by atoms with van der Waals surface area (Å²) in [7, 11) is 1.90. The summed E-state index contributed by atoms with van der Waals surface area (Å²) in [4.78, 5) is 16.6. The highest BCUT2D eigenvalue weighted by molar-refractivity contribution is 5.79. The van der Waals surface area contributed by atoms with E-state index in [2.05, 4.69) is 35.9 Å². The van der Waals surface area contributed by atoms with Crippen LogP contribution in [-0.4, -0.2) is 70.0 Å². The minimum Gasteiger partial charge on any atom is -0.381 e. The summed E-state index contributed by atoms with van der Waals surface area (Å²) in [5, 5.41) is 13.2. The zero-order chi connectivity index (χ0) is 18.5. The third-order valence-electron chi connectivity index (χ3n) is 5.28. The fraction of sp³-hybridized carbons (Fsp3) is 0.667.